The highest BCUT2D eigenvalue weighted by molar-refractivity contribution is 7.18. The molecule has 1 saturated heterocycles. The molecule has 0 spiro atoms. The smallest absolute Gasteiger partial charge is 0.254 e. The molecule has 30 heavy (non-hydrogen) atoms. The maximum Gasteiger partial charge on any atom is 0.254 e. The van der Waals surface area contributed by atoms with Crippen molar-refractivity contribution in [3.63, 3.8) is 0 Å². The number of hydrogen-bond donors (Lipinski definition) is 0. The Morgan fingerprint density at radius 1 is 0.967 bits per heavy atom. The maximum absolute atomic E-state index is 13.4. The zero-order valence-corrected chi connectivity index (χ0v) is 17.9. The Hall–Kier alpha value is -2.83. The average Bonchev–Trinajstić information content (AvgIpc) is 3.48. The summed E-state index contributed by atoms with van der Waals surface area (Å²) in [5.41, 5.74) is 1.99. The van der Waals surface area contributed by atoms with Gasteiger partial charge in [-0.25, -0.2) is 4.98 Å². The molecule has 0 radical (unpaired) electrons. The third-order valence-electron chi connectivity index (χ3n) is 5.52. The molecule has 1 atom stereocenters. The number of piperidine rings is 1. The molecule has 0 aliphatic carbocycles. The summed E-state index contributed by atoms with van der Waals surface area (Å²) in [6, 6.07) is 19.0. The van der Waals surface area contributed by atoms with Gasteiger partial charge in [-0.1, -0.05) is 36.4 Å². The highest BCUT2D eigenvalue weighted by atomic mass is 32.1. The third kappa shape index (κ3) is 3.57. The van der Waals surface area contributed by atoms with Gasteiger partial charge >= 0.3 is 0 Å². The maximum atomic E-state index is 13.4. The fourth-order valence-corrected chi connectivity index (χ4v) is 5.78. The zero-order chi connectivity index (χ0) is 20.5. The minimum absolute atomic E-state index is 0.0682. The third-order valence-corrected chi connectivity index (χ3v) is 7.58. The van der Waals surface area contributed by atoms with Crippen LogP contribution < -0.4 is 0 Å². The van der Waals surface area contributed by atoms with Crippen molar-refractivity contribution in [2.24, 2.45) is 0 Å². The van der Waals surface area contributed by atoms with E-state index in [1.807, 2.05) is 46.7 Å². The second-order valence-corrected chi connectivity index (χ2v) is 9.47. The summed E-state index contributed by atoms with van der Waals surface area (Å²) in [4.78, 5) is 33.7. The van der Waals surface area contributed by atoms with Crippen molar-refractivity contribution in [1.82, 2.24) is 9.88 Å². The molecule has 4 aromatic rings. The largest absolute Gasteiger partial charge is 0.338 e. The van der Waals surface area contributed by atoms with Crippen LogP contribution in [0, 0.1) is 0 Å². The standard InChI is InChI=1S/C24H20N2O2S2/c27-22(21-12-6-14-29-21)17-8-1-2-9-18(17)24(28)26-13-5-7-16(15-26)23-25-19-10-3-4-11-20(19)30-23/h1-4,6,8-12,14,16H,5,7,13,15H2. The van der Waals surface area contributed by atoms with Crippen LogP contribution in [0.1, 0.15) is 49.4 Å². The van der Waals surface area contributed by atoms with Gasteiger partial charge in [0.2, 0.25) is 5.78 Å². The topological polar surface area (TPSA) is 50.3 Å². The van der Waals surface area contributed by atoms with Crippen molar-refractivity contribution in [2.45, 2.75) is 18.8 Å². The first-order valence-electron chi connectivity index (χ1n) is 10.0. The molecule has 4 nitrogen and oxygen atoms in total. The molecule has 1 aliphatic heterocycles. The number of thiophene rings is 1. The van der Waals surface area contributed by atoms with Crippen LogP contribution in [0.15, 0.2) is 66.0 Å². The zero-order valence-electron chi connectivity index (χ0n) is 16.3. The number of carbonyl (C=O) groups is 2. The Balaban J connectivity index is 1.41. The Morgan fingerprint density at radius 3 is 2.57 bits per heavy atom. The number of fused-ring (bicyclic) bond motifs is 1. The molecule has 1 unspecified atom stereocenters. The Labute approximate surface area is 182 Å². The molecular formula is C24H20N2O2S2. The van der Waals surface area contributed by atoms with Crippen LogP contribution in [0.4, 0.5) is 0 Å². The lowest BCUT2D eigenvalue weighted by atomic mass is 9.96. The summed E-state index contributed by atoms with van der Waals surface area (Å²) in [7, 11) is 0. The van der Waals surface area contributed by atoms with Crippen molar-refractivity contribution in [2.75, 3.05) is 13.1 Å². The van der Waals surface area contributed by atoms with E-state index >= 15 is 0 Å². The van der Waals surface area contributed by atoms with Crippen molar-refractivity contribution in [3.8, 4) is 0 Å². The van der Waals surface area contributed by atoms with Gasteiger partial charge < -0.3 is 4.90 Å². The molecule has 2 aromatic heterocycles. The van der Waals surface area contributed by atoms with Crippen LogP contribution in [0.5, 0.6) is 0 Å². The molecule has 6 heteroatoms. The summed E-state index contributed by atoms with van der Waals surface area (Å²) in [5.74, 6) is 0.0789. The number of aromatic nitrogens is 1. The minimum Gasteiger partial charge on any atom is -0.338 e. The van der Waals surface area contributed by atoms with E-state index in [1.54, 1.807) is 29.5 Å². The van der Waals surface area contributed by atoms with Crippen molar-refractivity contribution < 1.29 is 9.59 Å². The van der Waals surface area contributed by atoms with Gasteiger partial charge in [0.25, 0.3) is 5.91 Å². The number of amides is 1. The van der Waals surface area contributed by atoms with Gasteiger partial charge in [0, 0.05) is 24.6 Å². The lowest BCUT2D eigenvalue weighted by molar-refractivity contribution is 0.0703. The highest BCUT2D eigenvalue weighted by Crippen LogP contribution is 2.33. The quantitative estimate of drug-likeness (QED) is 0.394. The van der Waals surface area contributed by atoms with Crippen LogP contribution in [0.25, 0.3) is 10.2 Å². The van der Waals surface area contributed by atoms with E-state index in [1.165, 1.54) is 16.0 Å². The molecule has 3 heterocycles. The number of carbonyl (C=O) groups excluding carboxylic acids is 2. The number of likely N-dealkylation sites (tertiary alicyclic amines) is 1. The Kier molecular flexibility index (Phi) is 5.19. The summed E-state index contributed by atoms with van der Waals surface area (Å²) in [6.45, 7) is 1.35. The molecule has 1 aliphatic rings. The van der Waals surface area contributed by atoms with E-state index in [4.69, 9.17) is 4.98 Å². The molecule has 0 N–H and O–H groups in total. The SMILES string of the molecule is O=C(c1cccs1)c1ccccc1C(=O)N1CCCC(c2nc3ccccc3s2)C1. The lowest BCUT2D eigenvalue weighted by Crippen LogP contribution is -2.39. The van der Waals surface area contributed by atoms with Gasteiger partial charge in [-0.3, -0.25) is 9.59 Å². The van der Waals surface area contributed by atoms with Crippen LogP contribution in [-0.2, 0) is 0 Å². The predicted molar refractivity (Wildman–Crippen MR) is 122 cm³/mol. The first-order chi connectivity index (χ1) is 14.7. The average molecular weight is 433 g/mol. The molecule has 1 amide bonds. The number of benzene rings is 2. The summed E-state index contributed by atoms with van der Waals surface area (Å²) < 4.78 is 1.18. The number of hydrogen-bond acceptors (Lipinski definition) is 5. The van der Waals surface area contributed by atoms with E-state index in [9.17, 15) is 9.59 Å². The van der Waals surface area contributed by atoms with E-state index < -0.39 is 0 Å². The van der Waals surface area contributed by atoms with Crippen molar-refractivity contribution in [1.29, 1.82) is 0 Å². The first kappa shape index (κ1) is 19.2. The van der Waals surface area contributed by atoms with Crippen LogP contribution >= 0.6 is 22.7 Å². The van der Waals surface area contributed by atoms with Crippen molar-refractivity contribution in [3.05, 3.63) is 87.1 Å². The summed E-state index contributed by atoms with van der Waals surface area (Å²) >= 11 is 3.12. The van der Waals surface area contributed by atoms with E-state index in [0.29, 0.717) is 29.1 Å². The number of nitrogens with zero attached hydrogens (tertiary/aromatic N) is 2. The lowest BCUT2D eigenvalue weighted by Gasteiger charge is -2.32. The molecule has 1 fully saturated rings. The van der Waals surface area contributed by atoms with Crippen molar-refractivity contribution >= 4 is 44.6 Å². The van der Waals surface area contributed by atoms with Gasteiger partial charge in [-0.2, -0.15) is 0 Å². The minimum atomic E-state index is -0.0892. The molecule has 2 aromatic carbocycles. The van der Waals surface area contributed by atoms with Crippen LogP contribution in [0.3, 0.4) is 0 Å². The number of para-hydroxylation sites is 1. The van der Waals surface area contributed by atoms with E-state index in [0.717, 1.165) is 23.4 Å². The predicted octanol–water partition coefficient (Wildman–Crippen LogP) is 5.61. The fraction of sp³-hybridized carbons (Fsp3) is 0.208. The molecule has 0 saturated carbocycles. The number of rotatable bonds is 4. The van der Waals surface area contributed by atoms with Crippen LogP contribution in [-0.4, -0.2) is 34.7 Å². The monoisotopic (exact) mass is 432 g/mol. The normalized spacial score (nSPS) is 16.7. The summed E-state index contributed by atoms with van der Waals surface area (Å²) in [5, 5.41) is 2.97. The molecule has 150 valence electrons. The van der Waals surface area contributed by atoms with Gasteiger partial charge in [-0.05, 0) is 42.5 Å². The number of ketones is 1. The molecule has 0 bridgehead atoms. The first-order valence-corrected chi connectivity index (χ1v) is 11.7. The second-order valence-electron chi connectivity index (χ2n) is 7.46. The highest BCUT2D eigenvalue weighted by Gasteiger charge is 2.29. The molecule has 5 rings (SSSR count). The Bertz CT molecular complexity index is 1180. The van der Waals surface area contributed by atoms with Crippen LogP contribution in [0.2, 0.25) is 0 Å². The van der Waals surface area contributed by atoms with Gasteiger partial charge in [0.05, 0.1) is 25.7 Å². The van der Waals surface area contributed by atoms with Gasteiger partial charge in [0.15, 0.2) is 0 Å². The van der Waals surface area contributed by atoms with E-state index in [-0.39, 0.29) is 17.6 Å². The van der Waals surface area contributed by atoms with E-state index in [2.05, 4.69) is 6.07 Å². The van der Waals surface area contributed by atoms with Gasteiger partial charge in [0.1, 0.15) is 0 Å². The summed E-state index contributed by atoms with van der Waals surface area (Å²) in [6.07, 6.45) is 1.97. The number of thiazole rings is 1. The Morgan fingerprint density at radius 2 is 1.77 bits per heavy atom. The van der Waals surface area contributed by atoms with Gasteiger partial charge in [-0.15, -0.1) is 22.7 Å². The second kappa shape index (κ2) is 8.13. The fourth-order valence-electron chi connectivity index (χ4n) is 4.01. The molecular weight excluding hydrogens is 412 g/mol.